The number of halogens is 1. The molecule has 1 aliphatic rings. The van der Waals surface area contributed by atoms with Crippen LogP contribution < -0.4 is 16.0 Å². The predicted molar refractivity (Wildman–Crippen MR) is 113 cm³/mol. The molecule has 9 nitrogen and oxygen atoms in total. The zero-order valence-electron chi connectivity index (χ0n) is 16.0. The van der Waals surface area contributed by atoms with Gasteiger partial charge in [0.05, 0.1) is 10.2 Å². The second-order valence-electron chi connectivity index (χ2n) is 6.77. The molecular formula is C19H19ClN6O3S. The van der Waals surface area contributed by atoms with Crippen molar-refractivity contribution >= 4 is 46.9 Å². The molecule has 0 spiro atoms. The molecule has 1 unspecified atom stereocenters. The summed E-state index contributed by atoms with van der Waals surface area (Å²) in [5.74, 6) is -0.415. The Morgan fingerprint density at radius 3 is 2.97 bits per heavy atom. The highest BCUT2D eigenvalue weighted by Gasteiger charge is 2.35. The average molecular weight is 447 g/mol. The van der Waals surface area contributed by atoms with E-state index in [2.05, 4.69) is 20.5 Å². The number of carbonyl (C=O) groups excluding carboxylic acids is 2. The number of nitrogens with zero attached hydrogens (tertiary/aromatic N) is 3. The summed E-state index contributed by atoms with van der Waals surface area (Å²) in [5, 5.41) is 11.5. The van der Waals surface area contributed by atoms with Crippen LogP contribution in [0.25, 0.3) is 0 Å². The maximum absolute atomic E-state index is 13.2. The Bertz CT molecular complexity index is 1100. The molecule has 3 heterocycles. The SMILES string of the molecule is Cc1cc(C(=O)NC2Cc3ccccc3N(Cc3nnc(N)o3)C2=O)[nH]c1SCCl. The number of nitrogens with one attached hydrogen (secondary N) is 2. The fourth-order valence-electron chi connectivity index (χ4n) is 3.40. The number of aromatic nitrogens is 3. The molecule has 0 saturated heterocycles. The van der Waals surface area contributed by atoms with Crippen LogP contribution in [0.1, 0.15) is 27.5 Å². The van der Waals surface area contributed by atoms with Crippen molar-refractivity contribution in [3.05, 3.63) is 53.0 Å². The summed E-state index contributed by atoms with van der Waals surface area (Å²) in [6, 6.07) is 8.43. The molecule has 156 valence electrons. The lowest BCUT2D eigenvalue weighted by molar-refractivity contribution is -0.121. The van der Waals surface area contributed by atoms with E-state index < -0.39 is 6.04 Å². The number of alkyl halides is 1. The number of nitrogens with two attached hydrogens (primary N) is 1. The molecule has 2 aromatic heterocycles. The number of thioether (sulfide) groups is 1. The second kappa shape index (κ2) is 8.41. The fourth-order valence-corrected chi connectivity index (χ4v) is 4.31. The largest absolute Gasteiger partial charge is 0.406 e. The maximum atomic E-state index is 13.2. The number of nitrogen functional groups attached to an aromatic ring is 1. The third kappa shape index (κ3) is 4.01. The molecule has 1 aromatic carbocycles. The molecule has 30 heavy (non-hydrogen) atoms. The highest BCUT2D eigenvalue weighted by molar-refractivity contribution is 8.00. The fraction of sp³-hybridized carbons (Fsp3) is 0.263. The minimum Gasteiger partial charge on any atom is -0.406 e. The van der Waals surface area contributed by atoms with E-state index in [0.29, 0.717) is 17.3 Å². The Morgan fingerprint density at radius 2 is 2.23 bits per heavy atom. The molecule has 11 heteroatoms. The van der Waals surface area contributed by atoms with Crippen molar-refractivity contribution in [3.63, 3.8) is 0 Å². The zero-order chi connectivity index (χ0) is 21.3. The monoisotopic (exact) mass is 446 g/mol. The Labute approximate surface area is 181 Å². The summed E-state index contributed by atoms with van der Waals surface area (Å²) in [4.78, 5) is 30.6. The van der Waals surface area contributed by atoms with Gasteiger partial charge in [0.2, 0.25) is 11.8 Å². The molecule has 3 aromatic rings. The van der Waals surface area contributed by atoms with Crippen LogP contribution in [-0.2, 0) is 17.8 Å². The van der Waals surface area contributed by atoms with Gasteiger partial charge < -0.3 is 25.4 Å². The number of rotatable bonds is 6. The number of amides is 2. The third-order valence-corrected chi connectivity index (χ3v) is 5.91. The molecule has 4 N–H and O–H groups in total. The van der Waals surface area contributed by atoms with E-state index in [-0.39, 0.29) is 30.3 Å². The van der Waals surface area contributed by atoms with Gasteiger partial charge in [-0.15, -0.1) is 16.7 Å². The predicted octanol–water partition coefficient (Wildman–Crippen LogP) is 2.46. The molecule has 0 bridgehead atoms. The number of H-pyrrole nitrogens is 1. The van der Waals surface area contributed by atoms with Crippen LogP contribution in [-0.4, -0.2) is 38.2 Å². The number of hydrogen-bond donors (Lipinski definition) is 3. The lowest BCUT2D eigenvalue weighted by Gasteiger charge is -2.33. The highest BCUT2D eigenvalue weighted by Crippen LogP contribution is 2.29. The first-order valence-corrected chi connectivity index (χ1v) is 10.6. The van der Waals surface area contributed by atoms with Crippen LogP contribution in [0.15, 0.2) is 39.8 Å². The van der Waals surface area contributed by atoms with Crippen molar-refractivity contribution in [1.82, 2.24) is 20.5 Å². The molecule has 0 saturated carbocycles. The number of benzene rings is 1. The van der Waals surface area contributed by atoms with Crippen molar-refractivity contribution < 1.29 is 14.0 Å². The second-order valence-corrected chi connectivity index (χ2v) is 8.34. The van der Waals surface area contributed by atoms with Gasteiger partial charge >= 0.3 is 6.01 Å². The summed E-state index contributed by atoms with van der Waals surface area (Å²) >= 11 is 7.17. The minimum absolute atomic E-state index is 0.0601. The summed E-state index contributed by atoms with van der Waals surface area (Å²) in [7, 11) is 0. The van der Waals surface area contributed by atoms with Crippen LogP contribution in [0.5, 0.6) is 0 Å². The van der Waals surface area contributed by atoms with Crippen molar-refractivity contribution in [3.8, 4) is 0 Å². The van der Waals surface area contributed by atoms with Crippen LogP contribution >= 0.6 is 23.4 Å². The van der Waals surface area contributed by atoms with Gasteiger partial charge in [0, 0.05) is 12.1 Å². The number of fused-ring (bicyclic) bond motifs is 1. The molecule has 1 aliphatic heterocycles. The van der Waals surface area contributed by atoms with Gasteiger partial charge in [-0.05, 0) is 30.2 Å². The van der Waals surface area contributed by atoms with Gasteiger partial charge in [-0.3, -0.25) is 9.59 Å². The smallest absolute Gasteiger partial charge is 0.312 e. The van der Waals surface area contributed by atoms with Gasteiger partial charge in [0.15, 0.2) is 0 Å². The Hall–Kier alpha value is -2.98. The van der Waals surface area contributed by atoms with E-state index in [0.717, 1.165) is 21.8 Å². The Kier molecular flexibility index (Phi) is 5.69. The van der Waals surface area contributed by atoms with Crippen LogP contribution in [0, 0.1) is 6.92 Å². The Balaban J connectivity index is 1.57. The maximum Gasteiger partial charge on any atom is 0.312 e. The summed E-state index contributed by atoms with van der Waals surface area (Å²) in [5.41, 5.74) is 8.45. The number of hydrogen-bond acceptors (Lipinski definition) is 7. The summed E-state index contributed by atoms with van der Waals surface area (Å²) in [6.45, 7) is 1.95. The van der Waals surface area contributed by atoms with E-state index in [4.69, 9.17) is 21.8 Å². The standard InChI is InChI=1S/C19H19ClN6O3S/c1-10-6-12(23-17(10)30-9-20)16(27)22-13-7-11-4-2-3-5-14(11)26(18(13)28)8-15-24-25-19(21)29-15/h2-6,13,23H,7-9H2,1H3,(H2,21,25)(H,22,27). The molecule has 0 aliphatic carbocycles. The van der Waals surface area contributed by atoms with E-state index >= 15 is 0 Å². The van der Waals surface area contributed by atoms with Crippen molar-refractivity contribution in [2.24, 2.45) is 0 Å². The number of para-hydroxylation sites is 1. The Morgan fingerprint density at radius 1 is 1.43 bits per heavy atom. The first-order chi connectivity index (χ1) is 14.5. The first-order valence-electron chi connectivity index (χ1n) is 9.12. The third-order valence-electron chi connectivity index (χ3n) is 4.76. The van der Waals surface area contributed by atoms with Gasteiger partial charge in [-0.1, -0.05) is 35.1 Å². The van der Waals surface area contributed by atoms with Gasteiger partial charge in [0.1, 0.15) is 18.3 Å². The molecular weight excluding hydrogens is 428 g/mol. The van der Waals surface area contributed by atoms with Crippen molar-refractivity contribution in [2.45, 2.75) is 31.0 Å². The quantitative estimate of drug-likeness (QED) is 0.391. The normalized spacial score (nSPS) is 15.9. The van der Waals surface area contributed by atoms with Gasteiger partial charge in [-0.25, -0.2) is 0 Å². The summed E-state index contributed by atoms with van der Waals surface area (Å²) < 4.78 is 5.23. The molecule has 0 radical (unpaired) electrons. The van der Waals surface area contributed by atoms with E-state index in [1.54, 1.807) is 6.07 Å². The topological polar surface area (TPSA) is 130 Å². The van der Waals surface area contributed by atoms with Crippen molar-refractivity contribution in [2.75, 3.05) is 15.8 Å². The molecule has 2 amide bonds. The zero-order valence-corrected chi connectivity index (χ0v) is 17.6. The molecule has 4 rings (SSSR count). The minimum atomic E-state index is -0.736. The molecule has 0 fully saturated rings. The highest BCUT2D eigenvalue weighted by atomic mass is 35.5. The first kappa shape index (κ1) is 20.3. The molecule has 1 atom stereocenters. The van der Waals surface area contributed by atoms with Crippen LogP contribution in [0.3, 0.4) is 0 Å². The summed E-state index contributed by atoms with van der Waals surface area (Å²) in [6.07, 6.45) is 0.381. The lowest BCUT2D eigenvalue weighted by atomic mass is 9.97. The number of aromatic amines is 1. The average Bonchev–Trinajstić information content (AvgIpc) is 3.31. The van der Waals surface area contributed by atoms with Crippen molar-refractivity contribution in [1.29, 1.82) is 0 Å². The number of aryl methyl sites for hydroxylation is 1. The van der Waals surface area contributed by atoms with E-state index in [1.807, 2.05) is 31.2 Å². The lowest BCUT2D eigenvalue weighted by Crippen LogP contribution is -2.52. The van der Waals surface area contributed by atoms with Crippen LogP contribution in [0.2, 0.25) is 0 Å². The number of anilines is 2. The number of carbonyl (C=O) groups is 2. The van der Waals surface area contributed by atoms with Crippen LogP contribution in [0.4, 0.5) is 11.7 Å². The van der Waals surface area contributed by atoms with Gasteiger partial charge in [-0.2, -0.15) is 0 Å². The van der Waals surface area contributed by atoms with E-state index in [1.165, 1.54) is 16.7 Å². The van der Waals surface area contributed by atoms with Gasteiger partial charge in [0.25, 0.3) is 5.91 Å². The van der Waals surface area contributed by atoms with E-state index in [9.17, 15) is 9.59 Å².